The molecule has 0 aliphatic rings. The van der Waals surface area contributed by atoms with Crippen LogP contribution in [0.1, 0.15) is 16.6 Å². The lowest BCUT2D eigenvalue weighted by molar-refractivity contribution is -0.384. The van der Waals surface area contributed by atoms with E-state index in [1.54, 1.807) is 31.4 Å². The smallest absolute Gasteiger partial charge is 0.269 e. The van der Waals surface area contributed by atoms with Crippen molar-refractivity contribution in [3.8, 4) is 11.3 Å². The van der Waals surface area contributed by atoms with Crippen LogP contribution in [0.15, 0.2) is 54.6 Å². The third kappa shape index (κ3) is 5.15. The Kier molecular flexibility index (Phi) is 6.53. The zero-order chi connectivity index (χ0) is 20.8. The van der Waals surface area contributed by atoms with Crippen LogP contribution in [0.4, 0.5) is 16.5 Å². The Morgan fingerprint density at radius 1 is 1.21 bits per heavy atom. The summed E-state index contributed by atoms with van der Waals surface area (Å²) in [6.07, 6.45) is 0. The van der Waals surface area contributed by atoms with Gasteiger partial charge in [-0.2, -0.15) is 0 Å². The number of methoxy groups -OCH3 is 1. The minimum absolute atomic E-state index is 0.000829. The fourth-order valence-corrected chi connectivity index (χ4v) is 3.68. The molecule has 9 heteroatoms. The second-order valence-electron chi connectivity index (χ2n) is 6.32. The maximum atomic E-state index is 12.9. The number of nitrogens with one attached hydrogen (secondary N) is 2. The maximum Gasteiger partial charge on any atom is 0.269 e. The first kappa shape index (κ1) is 20.4. The van der Waals surface area contributed by atoms with Gasteiger partial charge in [-0.1, -0.05) is 29.5 Å². The number of para-hydroxylation sites is 1. The van der Waals surface area contributed by atoms with Crippen molar-refractivity contribution in [1.82, 2.24) is 4.98 Å². The lowest BCUT2D eigenvalue weighted by Gasteiger charge is -2.10. The minimum Gasteiger partial charge on any atom is -0.383 e. The number of nitro benzene ring substituents is 1. The molecule has 2 N–H and O–H groups in total. The van der Waals surface area contributed by atoms with Gasteiger partial charge in [0, 0.05) is 36.5 Å². The maximum absolute atomic E-state index is 12.9. The molecule has 0 spiro atoms. The molecule has 29 heavy (non-hydrogen) atoms. The number of hydrogen-bond acceptors (Lipinski definition) is 7. The molecule has 1 atom stereocenters. The van der Waals surface area contributed by atoms with E-state index < -0.39 is 4.92 Å². The quantitative estimate of drug-likeness (QED) is 0.419. The second kappa shape index (κ2) is 9.26. The molecule has 3 aromatic rings. The minimum atomic E-state index is -0.465. The molecule has 0 bridgehead atoms. The van der Waals surface area contributed by atoms with Gasteiger partial charge in [0.1, 0.15) is 4.88 Å². The van der Waals surface area contributed by atoms with Gasteiger partial charge in [0.05, 0.1) is 17.2 Å². The lowest BCUT2D eigenvalue weighted by atomic mass is 10.1. The van der Waals surface area contributed by atoms with Crippen molar-refractivity contribution in [3.63, 3.8) is 0 Å². The zero-order valence-corrected chi connectivity index (χ0v) is 16.7. The second-order valence-corrected chi connectivity index (χ2v) is 7.32. The standard InChI is InChI=1S/C20H20N4O4S/c1-13(12-28-2)21-20-23-17(14-8-10-16(11-9-14)24(26)27)18(29-20)19(25)22-15-6-4-3-5-7-15/h3-11,13H,12H2,1-2H3,(H,21,23)(H,22,25). The molecular weight excluding hydrogens is 392 g/mol. The highest BCUT2D eigenvalue weighted by molar-refractivity contribution is 7.18. The summed E-state index contributed by atoms with van der Waals surface area (Å²) < 4.78 is 5.13. The summed E-state index contributed by atoms with van der Waals surface area (Å²) in [7, 11) is 1.61. The van der Waals surface area contributed by atoms with E-state index in [1.165, 1.54) is 23.5 Å². The molecule has 1 heterocycles. The predicted octanol–water partition coefficient (Wildman–Crippen LogP) is 4.42. The molecular formula is C20H20N4O4S. The number of aromatic nitrogens is 1. The molecule has 0 saturated carbocycles. The largest absolute Gasteiger partial charge is 0.383 e. The molecule has 1 amide bonds. The summed E-state index contributed by atoms with van der Waals surface area (Å²) in [4.78, 5) is 28.3. The van der Waals surface area contributed by atoms with Crippen molar-refractivity contribution < 1.29 is 14.5 Å². The van der Waals surface area contributed by atoms with Gasteiger partial charge in [-0.15, -0.1) is 0 Å². The Morgan fingerprint density at radius 3 is 2.52 bits per heavy atom. The molecule has 1 aromatic heterocycles. The van der Waals surface area contributed by atoms with Crippen LogP contribution in [0.3, 0.4) is 0 Å². The van der Waals surface area contributed by atoms with E-state index in [4.69, 9.17) is 4.74 Å². The third-order valence-corrected chi connectivity index (χ3v) is 4.99. The molecule has 1 unspecified atom stereocenters. The van der Waals surface area contributed by atoms with Gasteiger partial charge in [0.25, 0.3) is 11.6 Å². The van der Waals surface area contributed by atoms with Crippen LogP contribution in [0.5, 0.6) is 0 Å². The van der Waals surface area contributed by atoms with Gasteiger partial charge in [0.2, 0.25) is 0 Å². The molecule has 2 aromatic carbocycles. The van der Waals surface area contributed by atoms with E-state index in [2.05, 4.69) is 15.6 Å². The van der Waals surface area contributed by atoms with E-state index in [1.807, 2.05) is 25.1 Å². The number of benzene rings is 2. The number of carbonyl (C=O) groups is 1. The number of nitrogens with zero attached hydrogens (tertiary/aromatic N) is 2. The summed E-state index contributed by atoms with van der Waals surface area (Å²) in [5.74, 6) is -0.297. The monoisotopic (exact) mass is 412 g/mol. The number of ether oxygens (including phenoxy) is 1. The van der Waals surface area contributed by atoms with E-state index in [-0.39, 0.29) is 17.6 Å². The predicted molar refractivity (Wildman–Crippen MR) is 114 cm³/mol. The molecule has 3 rings (SSSR count). The summed E-state index contributed by atoms with van der Waals surface area (Å²) >= 11 is 1.22. The highest BCUT2D eigenvalue weighted by atomic mass is 32.1. The van der Waals surface area contributed by atoms with Gasteiger partial charge in [-0.25, -0.2) is 4.98 Å². The highest BCUT2D eigenvalue weighted by Crippen LogP contribution is 2.33. The van der Waals surface area contributed by atoms with E-state index in [0.29, 0.717) is 33.6 Å². The topological polar surface area (TPSA) is 106 Å². The number of carbonyl (C=O) groups excluding carboxylic acids is 1. The molecule has 8 nitrogen and oxygen atoms in total. The van der Waals surface area contributed by atoms with Crippen LogP contribution in [0.2, 0.25) is 0 Å². The normalized spacial score (nSPS) is 11.7. The fourth-order valence-electron chi connectivity index (χ4n) is 2.68. The average Bonchev–Trinajstić information content (AvgIpc) is 3.13. The van der Waals surface area contributed by atoms with Crippen molar-refractivity contribution >= 4 is 33.8 Å². The Hall–Kier alpha value is -3.30. The number of amides is 1. The summed E-state index contributed by atoms with van der Waals surface area (Å²) in [5, 5.41) is 17.6. The van der Waals surface area contributed by atoms with E-state index >= 15 is 0 Å². The van der Waals surface area contributed by atoms with Gasteiger partial charge in [-0.3, -0.25) is 14.9 Å². The van der Waals surface area contributed by atoms with Crippen molar-refractivity contribution in [2.45, 2.75) is 13.0 Å². The van der Waals surface area contributed by atoms with Crippen LogP contribution in [0, 0.1) is 10.1 Å². The molecule has 0 saturated heterocycles. The number of anilines is 2. The summed E-state index contributed by atoms with van der Waals surface area (Å²) in [6, 6.07) is 15.1. The number of rotatable bonds is 8. The molecule has 150 valence electrons. The van der Waals surface area contributed by atoms with Crippen LogP contribution in [-0.4, -0.2) is 35.6 Å². The van der Waals surface area contributed by atoms with Gasteiger partial charge < -0.3 is 15.4 Å². The van der Waals surface area contributed by atoms with Crippen LogP contribution < -0.4 is 10.6 Å². The number of non-ortho nitro benzene ring substituents is 1. The first-order valence-electron chi connectivity index (χ1n) is 8.85. The lowest BCUT2D eigenvalue weighted by Crippen LogP contribution is -2.20. The van der Waals surface area contributed by atoms with Gasteiger partial charge in [-0.05, 0) is 31.2 Å². The van der Waals surface area contributed by atoms with Gasteiger partial charge in [0.15, 0.2) is 5.13 Å². The van der Waals surface area contributed by atoms with Crippen LogP contribution in [0.25, 0.3) is 11.3 Å². The first-order chi connectivity index (χ1) is 14.0. The van der Waals surface area contributed by atoms with Gasteiger partial charge >= 0.3 is 0 Å². The van der Waals surface area contributed by atoms with Crippen LogP contribution in [-0.2, 0) is 4.74 Å². The molecule has 0 aliphatic heterocycles. The summed E-state index contributed by atoms with van der Waals surface area (Å²) in [6.45, 7) is 2.43. The van der Waals surface area contributed by atoms with Crippen molar-refractivity contribution in [2.75, 3.05) is 24.4 Å². The summed E-state index contributed by atoms with van der Waals surface area (Å²) in [5.41, 5.74) is 1.73. The fraction of sp³-hybridized carbons (Fsp3) is 0.200. The average molecular weight is 412 g/mol. The van der Waals surface area contributed by atoms with E-state index in [0.717, 1.165) is 0 Å². The Morgan fingerprint density at radius 2 is 1.90 bits per heavy atom. The Balaban J connectivity index is 1.94. The van der Waals surface area contributed by atoms with E-state index in [9.17, 15) is 14.9 Å². The SMILES string of the molecule is COCC(C)Nc1nc(-c2ccc([N+](=O)[O-])cc2)c(C(=O)Nc2ccccc2)s1. The van der Waals surface area contributed by atoms with Crippen LogP contribution >= 0.6 is 11.3 Å². The highest BCUT2D eigenvalue weighted by Gasteiger charge is 2.21. The zero-order valence-electron chi connectivity index (χ0n) is 15.9. The molecule has 0 radical (unpaired) electrons. The van der Waals surface area contributed by atoms with Crippen molar-refractivity contribution in [2.24, 2.45) is 0 Å². The first-order valence-corrected chi connectivity index (χ1v) is 9.67. The number of nitro groups is 1. The Labute approximate surface area is 171 Å². The molecule has 0 aliphatic carbocycles. The number of hydrogen-bond donors (Lipinski definition) is 2. The molecule has 0 fully saturated rings. The number of thiazole rings is 1. The Bertz CT molecular complexity index is 989. The third-order valence-electron chi connectivity index (χ3n) is 4.00. The van der Waals surface area contributed by atoms with Crippen molar-refractivity contribution in [3.05, 3.63) is 69.6 Å². The van der Waals surface area contributed by atoms with Crippen molar-refractivity contribution in [1.29, 1.82) is 0 Å².